The molecule has 1 aromatic rings. The third kappa shape index (κ3) is 2.31. The molecular weight excluding hydrogens is 268 g/mol. The number of carbonyl (C=O) groups is 1. The van der Waals surface area contributed by atoms with Crippen LogP contribution in [-0.4, -0.2) is 10.6 Å². The van der Waals surface area contributed by atoms with Gasteiger partial charge in [-0.2, -0.15) is 8.78 Å². The molecule has 0 heterocycles. The van der Waals surface area contributed by atoms with Gasteiger partial charge in [0.2, 0.25) is 5.78 Å². The van der Waals surface area contributed by atoms with Gasteiger partial charge in [-0.1, -0.05) is 0 Å². The lowest BCUT2D eigenvalue weighted by Crippen LogP contribution is -2.20. The Hall–Kier alpha value is -0.910. The monoisotopic (exact) mass is 270 g/mol. The third-order valence-electron chi connectivity index (χ3n) is 1.44. The largest absolute Gasteiger partial charge is 0.363 e. The molecule has 0 N–H and O–H groups in total. The molecule has 6 heteroatoms. The summed E-state index contributed by atoms with van der Waals surface area (Å²) in [7, 11) is 0. The Kier molecular flexibility index (Phi) is 2.94. The molecule has 1 aromatic carbocycles. The van der Waals surface area contributed by atoms with E-state index in [1.165, 1.54) is 0 Å². The summed E-state index contributed by atoms with van der Waals surface area (Å²) in [6.45, 7) is 0. The second kappa shape index (κ2) is 3.68. The van der Waals surface area contributed by atoms with E-state index in [9.17, 15) is 22.4 Å². The van der Waals surface area contributed by atoms with E-state index >= 15 is 0 Å². The van der Waals surface area contributed by atoms with Gasteiger partial charge in [0.15, 0.2) is 11.6 Å². The summed E-state index contributed by atoms with van der Waals surface area (Å²) in [5.41, 5.74) is -0.592. The predicted octanol–water partition coefficient (Wildman–Crippen LogP) is 3.14. The highest BCUT2D eigenvalue weighted by Crippen LogP contribution is 2.27. The van der Waals surface area contributed by atoms with Crippen LogP contribution in [0.3, 0.4) is 0 Å². The van der Waals surface area contributed by atoms with Crippen molar-refractivity contribution in [3.63, 3.8) is 0 Å². The Balaban J connectivity index is 3.10. The van der Waals surface area contributed by atoms with Crippen LogP contribution in [0.5, 0.6) is 0 Å². The molecule has 0 saturated carbocycles. The Labute approximate surface area is 84.9 Å². The van der Waals surface area contributed by atoms with Crippen molar-refractivity contribution in [3.05, 3.63) is 35.4 Å². The number of hydrogen-bond acceptors (Lipinski definition) is 1. The van der Waals surface area contributed by atoms with E-state index < -0.39 is 27.8 Å². The lowest BCUT2D eigenvalue weighted by atomic mass is 10.1. The molecule has 76 valence electrons. The molecular formula is C8H3BrF4O. The number of hydrogen-bond donors (Lipinski definition) is 0. The van der Waals surface area contributed by atoms with E-state index in [4.69, 9.17) is 0 Å². The van der Waals surface area contributed by atoms with E-state index in [0.717, 1.165) is 6.07 Å². The Morgan fingerprint density at radius 1 is 1.21 bits per heavy atom. The zero-order valence-electron chi connectivity index (χ0n) is 6.53. The second-order valence-corrected chi connectivity index (χ2v) is 3.45. The van der Waals surface area contributed by atoms with E-state index in [2.05, 4.69) is 0 Å². The number of carbonyl (C=O) groups excluding carboxylic acids is 1. The molecule has 14 heavy (non-hydrogen) atoms. The van der Waals surface area contributed by atoms with Crippen molar-refractivity contribution in [2.75, 3.05) is 0 Å². The molecule has 0 unspecified atom stereocenters. The predicted molar refractivity (Wildman–Crippen MR) is 44.6 cm³/mol. The van der Waals surface area contributed by atoms with E-state index in [1.807, 2.05) is 15.9 Å². The molecule has 0 aliphatic heterocycles. The highest BCUT2D eigenvalue weighted by molar-refractivity contribution is 9.10. The molecule has 0 saturated heterocycles. The van der Waals surface area contributed by atoms with Gasteiger partial charge in [0, 0.05) is 5.56 Å². The SMILES string of the molecule is O=C(c1ccc(F)c(F)c1)C(F)(F)Br. The van der Waals surface area contributed by atoms with Crippen LogP contribution in [-0.2, 0) is 0 Å². The van der Waals surface area contributed by atoms with E-state index in [1.54, 1.807) is 0 Å². The number of halogens is 5. The standard InChI is InChI=1S/C8H3BrF4O/c9-8(12,13)7(14)4-1-2-5(10)6(11)3-4/h1-3H. The fourth-order valence-corrected chi connectivity index (χ4v) is 1.03. The van der Waals surface area contributed by atoms with E-state index in [0.29, 0.717) is 12.1 Å². The second-order valence-electron chi connectivity index (χ2n) is 2.46. The highest BCUT2D eigenvalue weighted by Gasteiger charge is 2.35. The quantitative estimate of drug-likeness (QED) is 0.459. The zero-order valence-corrected chi connectivity index (χ0v) is 8.12. The number of rotatable bonds is 2. The van der Waals surface area contributed by atoms with Crippen molar-refractivity contribution < 1.29 is 22.4 Å². The zero-order chi connectivity index (χ0) is 10.9. The fraction of sp³-hybridized carbons (Fsp3) is 0.125. The summed E-state index contributed by atoms with van der Waals surface area (Å²) < 4.78 is 49.7. The molecule has 0 bridgehead atoms. The van der Waals surface area contributed by atoms with Gasteiger partial charge in [-0.25, -0.2) is 8.78 Å². The van der Waals surface area contributed by atoms with Gasteiger partial charge in [0.05, 0.1) is 0 Å². The summed E-state index contributed by atoms with van der Waals surface area (Å²) in [6, 6.07) is 1.82. The van der Waals surface area contributed by atoms with Crippen molar-refractivity contribution in [1.29, 1.82) is 0 Å². The summed E-state index contributed by atoms with van der Waals surface area (Å²) >= 11 is 1.82. The third-order valence-corrected chi connectivity index (χ3v) is 1.80. The lowest BCUT2D eigenvalue weighted by molar-refractivity contribution is 0.0592. The van der Waals surface area contributed by atoms with Crippen molar-refractivity contribution in [1.82, 2.24) is 0 Å². The summed E-state index contributed by atoms with van der Waals surface area (Å²) in [5.74, 6) is -4.15. The number of alkyl halides is 3. The molecule has 0 spiro atoms. The van der Waals surface area contributed by atoms with Crippen molar-refractivity contribution >= 4 is 21.7 Å². The van der Waals surface area contributed by atoms with Crippen molar-refractivity contribution in [2.24, 2.45) is 0 Å². The topological polar surface area (TPSA) is 17.1 Å². The molecule has 0 atom stereocenters. The van der Waals surface area contributed by atoms with Gasteiger partial charge in [0.1, 0.15) is 0 Å². The minimum Gasteiger partial charge on any atom is -0.286 e. The minimum absolute atomic E-state index is 0.423. The molecule has 0 amide bonds. The summed E-state index contributed by atoms with van der Waals surface area (Å²) in [5, 5.41) is 0. The maximum absolute atomic E-state index is 12.5. The average Bonchev–Trinajstić information content (AvgIpc) is 2.07. The number of Topliss-reactive ketones (excluding diaryl/α,β-unsaturated/α-hetero) is 1. The van der Waals surface area contributed by atoms with Gasteiger partial charge in [-0.3, -0.25) is 4.79 Å². The Morgan fingerprint density at radius 2 is 1.79 bits per heavy atom. The maximum atomic E-state index is 12.5. The highest BCUT2D eigenvalue weighted by atomic mass is 79.9. The van der Waals surface area contributed by atoms with Crippen LogP contribution in [0.15, 0.2) is 18.2 Å². The first-order valence-corrected chi connectivity index (χ1v) is 4.18. The molecule has 0 aromatic heterocycles. The molecule has 0 radical (unpaired) electrons. The Bertz CT molecular complexity index is 372. The van der Waals surface area contributed by atoms with Crippen molar-refractivity contribution in [3.8, 4) is 0 Å². The van der Waals surface area contributed by atoms with Gasteiger partial charge in [0.25, 0.3) is 0 Å². The van der Waals surface area contributed by atoms with Crippen LogP contribution in [0.25, 0.3) is 0 Å². The van der Waals surface area contributed by atoms with Crippen molar-refractivity contribution in [2.45, 2.75) is 4.83 Å². The van der Waals surface area contributed by atoms with E-state index in [-0.39, 0.29) is 0 Å². The molecule has 0 aliphatic rings. The Morgan fingerprint density at radius 3 is 2.21 bits per heavy atom. The van der Waals surface area contributed by atoms with Crippen LogP contribution in [0, 0.1) is 11.6 Å². The van der Waals surface area contributed by atoms with Crippen LogP contribution in [0.2, 0.25) is 0 Å². The summed E-state index contributed by atoms with van der Waals surface area (Å²) in [4.78, 5) is 7.08. The summed E-state index contributed by atoms with van der Waals surface area (Å²) in [6.07, 6.45) is 0. The lowest BCUT2D eigenvalue weighted by Gasteiger charge is -2.06. The average molecular weight is 271 g/mol. The van der Waals surface area contributed by atoms with Gasteiger partial charge in [-0.05, 0) is 34.1 Å². The maximum Gasteiger partial charge on any atom is 0.363 e. The first kappa shape index (κ1) is 11.2. The van der Waals surface area contributed by atoms with Crippen LogP contribution >= 0.6 is 15.9 Å². The first-order chi connectivity index (χ1) is 6.32. The number of ketones is 1. The number of benzene rings is 1. The van der Waals surface area contributed by atoms with Gasteiger partial charge >= 0.3 is 4.83 Å². The van der Waals surface area contributed by atoms with Gasteiger partial charge < -0.3 is 0 Å². The molecule has 0 fully saturated rings. The van der Waals surface area contributed by atoms with Gasteiger partial charge in [-0.15, -0.1) is 0 Å². The molecule has 0 aliphatic carbocycles. The first-order valence-electron chi connectivity index (χ1n) is 3.39. The minimum atomic E-state index is -3.77. The molecule has 1 nitrogen and oxygen atoms in total. The van der Waals surface area contributed by atoms with Crippen LogP contribution in [0.4, 0.5) is 17.6 Å². The normalized spacial score (nSPS) is 11.5. The van der Waals surface area contributed by atoms with Crippen LogP contribution < -0.4 is 0 Å². The molecule has 1 rings (SSSR count). The van der Waals surface area contributed by atoms with Crippen LogP contribution in [0.1, 0.15) is 10.4 Å². The smallest absolute Gasteiger partial charge is 0.286 e. The fourth-order valence-electron chi connectivity index (χ4n) is 0.801.